The Morgan fingerprint density at radius 1 is 1.12 bits per heavy atom. The first-order valence-corrected chi connectivity index (χ1v) is 7.95. The zero-order valence-corrected chi connectivity index (χ0v) is 13.1. The van der Waals surface area contributed by atoms with Crippen molar-refractivity contribution in [2.24, 2.45) is 5.92 Å². The van der Waals surface area contributed by atoms with Crippen molar-refractivity contribution >= 4 is 11.9 Å². The number of aromatic carboxylic acids is 1. The SMILES string of the molecule is O=C(CCc1ccc(C(=O)O)cc1)N[C@@H]1CCCC[C@@H]1C(F)(F)F. The minimum absolute atomic E-state index is 0.0606. The van der Waals surface area contributed by atoms with E-state index >= 15 is 0 Å². The van der Waals surface area contributed by atoms with Gasteiger partial charge in [0.05, 0.1) is 11.5 Å². The second kappa shape index (κ2) is 7.68. The van der Waals surface area contributed by atoms with Crippen molar-refractivity contribution < 1.29 is 27.9 Å². The summed E-state index contributed by atoms with van der Waals surface area (Å²) in [4.78, 5) is 22.7. The number of rotatable bonds is 5. The molecule has 0 aromatic heterocycles. The third-order valence-corrected chi connectivity index (χ3v) is 4.37. The fourth-order valence-electron chi connectivity index (χ4n) is 3.05. The molecule has 0 unspecified atom stereocenters. The zero-order chi connectivity index (χ0) is 17.7. The molecule has 2 atom stereocenters. The van der Waals surface area contributed by atoms with Crippen LogP contribution in [0.15, 0.2) is 24.3 Å². The maximum Gasteiger partial charge on any atom is 0.393 e. The number of carbonyl (C=O) groups is 2. The number of carboxylic acids is 1. The van der Waals surface area contributed by atoms with E-state index in [1.165, 1.54) is 12.1 Å². The van der Waals surface area contributed by atoms with E-state index in [0.717, 1.165) is 5.56 Å². The Kier molecular flexibility index (Phi) is 5.85. The summed E-state index contributed by atoms with van der Waals surface area (Å²) in [5, 5.41) is 11.3. The molecule has 1 amide bonds. The summed E-state index contributed by atoms with van der Waals surface area (Å²) in [5.74, 6) is -2.90. The maximum atomic E-state index is 13.0. The Hall–Kier alpha value is -2.05. The van der Waals surface area contributed by atoms with Crippen LogP contribution in [0.25, 0.3) is 0 Å². The van der Waals surface area contributed by atoms with Crippen molar-refractivity contribution in [3.63, 3.8) is 0 Å². The van der Waals surface area contributed by atoms with Gasteiger partial charge in [0.15, 0.2) is 0 Å². The van der Waals surface area contributed by atoms with E-state index < -0.39 is 30.0 Å². The van der Waals surface area contributed by atoms with Crippen LogP contribution in [0.5, 0.6) is 0 Å². The molecule has 7 heteroatoms. The highest BCUT2D eigenvalue weighted by molar-refractivity contribution is 5.87. The number of alkyl halides is 3. The highest BCUT2D eigenvalue weighted by Crippen LogP contribution is 2.37. The number of halogens is 3. The Morgan fingerprint density at radius 3 is 2.33 bits per heavy atom. The molecule has 1 fully saturated rings. The first-order chi connectivity index (χ1) is 11.3. The van der Waals surface area contributed by atoms with Crippen molar-refractivity contribution in [2.75, 3.05) is 0 Å². The molecule has 2 N–H and O–H groups in total. The topological polar surface area (TPSA) is 66.4 Å². The Bertz CT molecular complexity index is 584. The molecular formula is C17H20F3NO3. The molecule has 1 aliphatic rings. The second-order valence-electron chi connectivity index (χ2n) is 6.11. The highest BCUT2D eigenvalue weighted by atomic mass is 19.4. The lowest BCUT2D eigenvalue weighted by Gasteiger charge is -2.33. The second-order valence-corrected chi connectivity index (χ2v) is 6.11. The van der Waals surface area contributed by atoms with Crippen LogP contribution in [0.2, 0.25) is 0 Å². The number of nitrogens with one attached hydrogen (secondary N) is 1. The number of aryl methyl sites for hydroxylation is 1. The van der Waals surface area contributed by atoms with E-state index in [1.807, 2.05) is 0 Å². The average molecular weight is 343 g/mol. The lowest BCUT2D eigenvalue weighted by atomic mass is 9.84. The lowest BCUT2D eigenvalue weighted by molar-refractivity contribution is -0.189. The van der Waals surface area contributed by atoms with E-state index in [1.54, 1.807) is 12.1 Å². The number of amides is 1. The van der Waals surface area contributed by atoms with Gasteiger partial charge >= 0.3 is 12.1 Å². The molecule has 0 radical (unpaired) electrons. The van der Waals surface area contributed by atoms with E-state index in [4.69, 9.17) is 5.11 Å². The van der Waals surface area contributed by atoms with Crippen LogP contribution >= 0.6 is 0 Å². The van der Waals surface area contributed by atoms with Crippen LogP contribution < -0.4 is 5.32 Å². The largest absolute Gasteiger partial charge is 0.478 e. The standard InChI is InChI=1S/C17H20F3NO3/c18-17(19,20)13-3-1-2-4-14(13)21-15(22)10-7-11-5-8-12(9-6-11)16(23)24/h5-6,8-9,13-14H,1-4,7,10H2,(H,21,22)(H,23,24)/t13-,14+/m0/s1. The Balaban J connectivity index is 1.87. The van der Waals surface area contributed by atoms with Crippen molar-refractivity contribution in [3.8, 4) is 0 Å². The molecular weight excluding hydrogens is 323 g/mol. The van der Waals surface area contributed by atoms with Gasteiger partial charge in [-0.15, -0.1) is 0 Å². The summed E-state index contributed by atoms with van der Waals surface area (Å²) in [7, 11) is 0. The van der Waals surface area contributed by atoms with Crippen molar-refractivity contribution in [1.29, 1.82) is 0 Å². The molecule has 24 heavy (non-hydrogen) atoms. The zero-order valence-electron chi connectivity index (χ0n) is 13.1. The monoisotopic (exact) mass is 343 g/mol. The fraction of sp³-hybridized carbons (Fsp3) is 0.529. The summed E-state index contributed by atoms with van der Waals surface area (Å²) in [5.41, 5.74) is 0.921. The van der Waals surface area contributed by atoms with Gasteiger partial charge in [0.2, 0.25) is 5.91 Å². The normalized spacial score (nSPS) is 21.3. The van der Waals surface area contributed by atoms with Gasteiger partial charge in [-0.3, -0.25) is 4.79 Å². The van der Waals surface area contributed by atoms with Crippen molar-refractivity contribution in [3.05, 3.63) is 35.4 Å². The minimum atomic E-state index is -4.29. The first kappa shape index (κ1) is 18.3. The molecule has 0 bridgehead atoms. The Labute approximate surface area is 138 Å². The molecule has 1 saturated carbocycles. The molecule has 1 aliphatic carbocycles. The molecule has 132 valence electrons. The summed E-state index contributed by atoms with van der Waals surface area (Å²) in [6, 6.07) is 5.25. The summed E-state index contributed by atoms with van der Waals surface area (Å²) < 4.78 is 39.0. The van der Waals surface area contributed by atoms with Gasteiger partial charge in [0, 0.05) is 12.5 Å². The van der Waals surface area contributed by atoms with Crippen molar-refractivity contribution in [1.82, 2.24) is 5.32 Å². The summed E-state index contributed by atoms with van der Waals surface area (Å²) in [6.45, 7) is 0. The van der Waals surface area contributed by atoms with E-state index in [9.17, 15) is 22.8 Å². The van der Waals surface area contributed by atoms with Crippen LogP contribution in [-0.4, -0.2) is 29.2 Å². The molecule has 0 spiro atoms. The fourth-order valence-corrected chi connectivity index (χ4v) is 3.05. The van der Waals surface area contributed by atoms with Gasteiger partial charge in [-0.2, -0.15) is 13.2 Å². The lowest BCUT2D eigenvalue weighted by Crippen LogP contribution is -2.47. The molecule has 1 aromatic carbocycles. The van der Waals surface area contributed by atoms with E-state index in [-0.39, 0.29) is 18.4 Å². The van der Waals surface area contributed by atoms with Crippen LogP contribution in [0, 0.1) is 5.92 Å². The van der Waals surface area contributed by atoms with Gasteiger partial charge in [-0.05, 0) is 37.0 Å². The average Bonchev–Trinajstić information content (AvgIpc) is 2.53. The minimum Gasteiger partial charge on any atom is -0.478 e. The highest BCUT2D eigenvalue weighted by Gasteiger charge is 2.45. The Morgan fingerprint density at radius 2 is 1.75 bits per heavy atom. The predicted molar refractivity (Wildman–Crippen MR) is 81.7 cm³/mol. The number of hydrogen-bond acceptors (Lipinski definition) is 2. The summed E-state index contributed by atoms with van der Waals surface area (Å²) in [6.07, 6.45) is -2.22. The third kappa shape index (κ3) is 4.97. The molecule has 0 saturated heterocycles. The van der Waals surface area contributed by atoms with Crippen LogP contribution in [0.4, 0.5) is 13.2 Å². The summed E-state index contributed by atoms with van der Waals surface area (Å²) >= 11 is 0. The van der Waals surface area contributed by atoms with Gasteiger partial charge < -0.3 is 10.4 Å². The quantitative estimate of drug-likeness (QED) is 0.859. The van der Waals surface area contributed by atoms with E-state index in [2.05, 4.69) is 5.32 Å². The van der Waals surface area contributed by atoms with Gasteiger partial charge in [0.1, 0.15) is 0 Å². The van der Waals surface area contributed by atoms with Crippen molar-refractivity contribution in [2.45, 2.75) is 50.7 Å². The number of carboxylic acid groups (broad SMARTS) is 1. The molecule has 0 heterocycles. The number of hydrogen-bond donors (Lipinski definition) is 2. The predicted octanol–water partition coefficient (Wildman–Crippen LogP) is 3.55. The molecule has 4 nitrogen and oxygen atoms in total. The van der Waals surface area contributed by atoms with Gasteiger partial charge in [-0.1, -0.05) is 25.0 Å². The smallest absolute Gasteiger partial charge is 0.393 e. The number of carbonyl (C=O) groups excluding carboxylic acids is 1. The molecule has 0 aliphatic heterocycles. The molecule has 2 rings (SSSR count). The van der Waals surface area contributed by atoms with Crippen LogP contribution in [0.3, 0.4) is 0 Å². The van der Waals surface area contributed by atoms with Gasteiger partial charge in [-0.25, -0.2) is 4.79 Å². The van der Waals surface area contributed by atoms with Crippen LogP contribution in [0.1, 0.15) is 48.0 Å². The third-order valence-electron chi connectivity index (χ3n) is 4.37. The van der Waals surface area contributed by atoms with E-state index in [0.29, 0.717) is 25.7 Å². The number of benzene rings is 1. The van der Waals surface area contributed by atoms with Crippen LogP contribution in [-0.2, 0) is 11.2 Å². The van der Waals surface area contributed by atoms with Gasteiger partial charge in [0.25, 0.3) is 0 Å². The first-order valence-electron chi connectivity index (χ1n) is 7.95. The maximum absolute atomic E-state index is 13.0. The molecule has 1 aromatic rings.